The van der Waals surface area contributed by atoms with Crippen LogP contribution >= 0.6 is 23.2 Å². The third kappa shape index (κ3) is 3.28. The van der Waals surface area contributed by atoms with Crippen molar-refractivity contribution >= 4 is 28.6 Å². The fourth-order valence-electron chi connectivity index (χ4n) is 0.878. The molecule has 0 aliphatic rings. The van der Waals surface area contributed by atoms with Gasteiger partial charge in [-0.3, -0.25) is 0 Å². The smallest absolute Gasteiger partial charge is 0.414 e. The summed E-state index contributed by atoms with van der Waals surface area (Å²) in [6.45, 7) is 0. The molecule has 1 aromatic carbocycles. The van der Waals surface area contributed by atoms with E-state index in [9.17, 15) is 18.0 Å². The second kappa shape index (κ2) is 4.28. The predicted octanol–water partition coefficient (Wildman–Crippen LogP) is 4.10. The van der Waals surface area contributed by atoms with Gasteiger partial charge in [0, 0.05) is 11.6 Å². The highest BCUT2D eigenvalue weighted by Crippen LogP contribution is 2.36. The van der Waals surface area contributed by atoms with Crippen molar-refractivity contribution in [3.05, 3.63) is 28.8 Å². The molecule has 0 fully saturated rings. The quantitative estimate of drug-likeness (QED) is 0.709. The number of rotatable bonds is 1. The minimum Gasteiger partial charge on any atom is -0.414 e. The van der Waals surface area contributed by atoms with Gasteiger partial charge in [-0.2, -0.15) is 13.2 Å². The number of carbonyl (C=O) groups is 1. The van der Waals surface area contributed by atoms with Gasteiger partial charge in [-0.25, -0.2) is 4.79 Å². The van der Waals surface area contributed by atoms with Crippen molar-refractivity contribution in [3.8, 4) is 5.75 Å². The van der Waals surface area contributed by atoms with Gasteiger partial charge in [0.1, 0.15) is 5.75 Å². The second-order valence-corrected chi connectivity index (χ2v) is 3.19. The molecular formula is C8H3Cl2F3O2. The Morgan fingerprint density at radius 1 is 1.33 bits per heavy atom. The molecule has 0 atom stereocenters. The summed E-state index contributed by atoms with van der Waals surface area (Å²) in [5.74, 6) is -0.313. The molecule has 0 aliphatic carbocycles. The lowest BCUT2D eigenvalue weighted by atomic mass is 10.2. The van der Waals surface area contributed by atoms with Crippen LogP contribution in [0.3, 0.4) is 0 Å². The fraction of sp³-hybridized carbons (Fsp3) is 0.125. The molecule has 7 heteroatoms. The van der Waals surface area contributed by atoms with Crippen molar-refractivity contribution in [2.45, 2.75) is 6.18 Å². The third-order valence-corrected chi connectivity index (χ3v) is 1.85. The van der Waals surface area contributed by atoms with Crippen molar-refractivity contribution in [2.24, 2.45) is 0 Å². The van der Waals surface area contributed by atoms with Crippen LogP contribution in [0.5, 0.6) is 5.75 Å². The summed E-state index contributed by atoms with van der Waals surface area (Å²) in [7, 11) is 0. The van der Waals surface area contributed by atoms with E-state index in [1.165, 1.54) is 0 Å². The highest BCUT2D eigenvalue weighted by atomic mass is 35.5. The first-order chi connectivity index (χ1) is 6.80. The standard InChI is InChI=1S/C8H3Cl2F3O2/c9-6-2-1-4(15-7(10)14)3-5(6)8(11,12)13/h1-3H. The number of ether oxygens (including phenoxy) is 1. The maximum atomic E-state index is 12.3. The first-order valence-electron chi connectivity index (χ1n) is 3.55. The van der Waals surface area contributed by atoms with E-state index in [0.717, 1.165) is 12.1 Å². The minimum atomic E-state index is -4.61. The molecule has 0 saturated carbocycles. The van der Waals surface area contributed by atoms with Crippen molar-refractivity contribution in [3.63, 3.8) is 0 Å². The molecule has 0 amide bonds. The fourth-order valence-corrected chi connectivity index (χ4v) is 1.19. The minimum absolute atomic E-state index is 0.313. The Morgan fingerprint density at radius 3 is 2.40 bits per heavy atom. The highest BCUT2D eigenvalue weighted by Gasteiger charge is 2.33. The molecule has 0 spiro atoms. The molecule has 0 aromatic heterocycles. The molecule has 0 saturated heterocycles. The van der Waals surface area contributed by atoms with Gasteiger partial charge in [0.2, 0.25) is 0 Å². The molecule has 0 N–H and O–H groups in total. The number of hydrogen-bond donors (Lipinski definition) is 0. The van der Waals surface area contributed by atoms with E-state index < -0.39 is 22.2 Å². The van der Waals surface area contributed by atoms with Crippen molar-refractivity contribution in [1.29, 1.82) is 0 Å². The van der Waals surface area contributed by atoms with Crippen LogP contribution in [0.15, 0.2) is 18.2 Å². The summed E-state index contributed by atoms with van der Waals surface area (Å²) >= 11 is 10.2. The summed E-state index contributed by atoms with van der Waals surface area (Å²) in [4.78, 5) is 10.3. The van der Waals surface area contributed by atoms with E-state index in [2.05, 4.69) is 4.74 Å². The number of hydrogen-bond acceptors (Lipinski definition) is 2. The van der Waals surface area contributed by atoms with E-state index in [1.54, 1.807) is 0 Å². The van der Waals surface area contributed by atoms with Crippen molar-refractivity contribution in [2.75, 3.05) is 0 Å². The van der Waals surface area contributed by atoms with Crippen LogP contribution in [0.25, 0.3) is 0 Å². The SMILES string of the molecule is O=C(Cl)Oc1ccc(Cl)c(C(F)(F)F)c1. The Hall–Kier alpha value is -0.940. The van der Waals surface area contributed by atoms with E-state index in [1.807, 2.05) is 0 Å². The van der Waals surface area contributed by atoms with Crippen LogP contribution in [0.1, 0.15) is 5.56 Å². The molecule has 0 radical (unpaired) electrons. The van der Waals surface area contributed by atoms with Gasteiger partial charge in [-0.05, 0) is 18.2 Å². The molecule has 0 bridgehead atoms. The lowest BCUT2D eigenvalue weighted by Crippen LogP contribution is -2.07. The summed E-state index contributed by atoms with van der Waals surface area (Å²) in [5.41, 5.74) is -2.30. The van der Waals surface area contributed by atoms with Crippen LogP contribution in [0, 0.1) is 0 Å². The average Bonchev–Trinajstić information content (AvgIpc) is 2.05. The van der Waals surface area contributed by atoms with E-state index in [0.29, 0.717) is 6.07 Å². The maximum absolute atomic E-state index is 12.3. The molecule has 82 valence electrons. The second-order valence-electron chi connectivity index (χ2n) is 2.48. The van der Waals surface area contributed by atoms with Crippen LogP contribution in [-0.4, -0.2) is 5.43 Å². The Bertz CT molecular complexity index is 390. The topological polar surface area (TPSA) is 26.3 Å². The van der Waals surface area contributed by atoms with Crippen LogP contribution < -0.4 is 4.74 Å². The Labute approximate surface area is 92.5 Å². The zero-order chi connectivity index (χ0) is 11.6. The molecule has 0 heterocycles. The lowest BCUT2D eigenvalue weighted by molar-refractivity contribution is -0.137. The normalized spacial score (nSPS) is 11.3. The van der Waals surface area contributed by atoms with Gasteiger partial charge in [-0.1, -0.05) is 11.6 Å². The summed E-state index contributed by atoms with van der Waals surface area (Å²) in [6.07, 6.45) is -4.61. The van der Waals surface area contributed by atoms with Gasteiger partial charge in [0.05, 0.1) is 10.6 Å². The Balaban J connectivity index is 3.11. The zero-order valence-electron chi connectivity index (χ0n) is 6.94. The Morgan fingerprint density at radius 2 is 1.93 bits per heavy atom. The number of alkyl halides is 3. The summed E-state index contributed by atoms with van der Waals surface area (Å²) in [6, 6.07) is 2.68. The largest absolute Gasteiger partial charge is 0.417 e. The van der Waals surface area contributed by atoms with Crippen LogP contribution in [0.4, 0.5) is 18.0 Å². The summed E-state index contributed by atoms with van der Waals surface area (Å²) < 4.78 is 41.2. The van der Waals surface area contributed by atoms with Crippen molar-refractivity contribution < 1.29 is 22.7 Å². The lowest BCUT2D eigenvalue weighted by Gasteiger charge is -2.09. The average molecular weight is 259 g/mol. The summed E-state index contributed by atoms with van der Waals surface area (Å²) in [5, 5.41) is -0.475. The number of halogens is 5. The molecule has 1 rings (SSSR count). The highest BCUT2D eigenvalue weighted by molar-refractivity contribution is 6.61. The van der Waals surface area contributed by atoms with Crippen LogP contribution in [-0.2, 0) is 6.18 Å². The molecule has 1 aromatic rings. The van der Waals surface area contributed by atoms with E-state index in [-0.39, 0.29) is 5.75 Å². The van der Waals surface area contributed by atoms with Gasteiger partial charge >= 0.3 is 11.6 Å². The van der Waals surface area contributed by atoms with Gasteiger partial charge in [-0.15, -0.1) is 0 Å². The number of benzene rings is 1. The first-order valence-corrected chi connectivity index (χ1v) is 4.30. The third-order valence-electron chi connectivity index (χ3n) is 1.44. The number of carbonyl (C=O) groups excluding carboxylic acids is 1. The van der Waals surface area contributed by atoms with Gasteiger partial charge < -0.3 is 4.74 Å². The monoisotopic (exact) mass is 258 g/mol. The molecule has 0 unspecified atom stereocenters. The molecule has 2 nitrogen and oxygen atoms in total. The van der Waals surface area contributed by atoms with Crippen molar-refractivity contribution in [1.82, 2.24) is 0 Å². The molecule has 0 aliphatic heterocycles. The van der Waals surface area contributed by atoms with Gasteiger partial charge in [0.15, 0.2) is 0 Å². The molecular weight excluding hydrogens is 256 g/mol. The predicted molar refractivity (Wildman–Crippen MR) is 48.3 cm³/mol. The van der Waals surface area contributed by atoms with Crippen LogP contribution in [0.2, 0.25) is 5.02 Å². The maximum Gasteiger partial charge on any atom is 0.417 e. The Kier molecular flexibility index (Phi) is 3.46. The zero-order valence-corrected chi connectivity index (χ0v) is 8.45. The molecule has 15 heavy (non-hydrogen) atoms. The van der Waals surface area contributed by atoms with E-state index in [4.69, 9.17) is 23.2 Å². The van der Waals surface area contributed by atoms with E-state index >= 15 is 0 Å². The van der Waals surface area contributed by atoms with Gasteiger partial charge in [0.25, 0.3) is 0 Å². The first kappa shape index (κ1) is 12.1.